The van der Waals surface area contributed by atoms with Gasteiger partial charge in [0.2, 0.25) is 5.91 Å². The van der Waals surface area contributed by atoms with Gasteiger partial charge in [-0.1, -0.05) is 13.8 Å². The molecule has 4 rings (SSSR count). The molecular weight excluding hydrogens is 314 g/mol. The predicted molar refractivity (Wildman–Crippen MR) is 96.6 cm³/mol. The Hall–Kier alpha value is -1.71. The Morgan fingerprint density at radius 3 is 2.52 bits per heavy atom. The standard InChI is InChI=1S/C21H29NO3/c1-19(2)15-5-7-21(4)16(20(15,3)8-6-17(25)22-19)10-12-9-13(23)11-14(24)18(12)21/h9,11,15-16,23-24H,5-8,10H2,1-4H3,(H,22,25). The molecule has 0 spiro atoms. The highest BCUT2D eigenvalue weighted by molar-refractivity contribution is 5.77. The summed E-state index contributed by atoms with van der Waals surface area (Å²) in [6.45, 7) is 8.94. The van der Waals surface area contributed by atoms with Gasteiger partial charge in [-0.25, -0.2) is 0 Å². The van der Waals surface area contributed by atoms with E-state index in [-0.39, 0.29) is 33.8 Å². The average molecular weight is 343 g/mol. The van der Waals surface area contributed by atoms with E-state index in [2.05, 4.69) is 33.0 Å². The van der Waals surface area contributed by atoms with Gasteiger partial charge in [-0.05, 0) is 68.4 Å². The second-order valence-corrected chi connectivity index (χ2v) is 9.54. The number of phenolic OH excluding ortho intramolecular Hbond substituents is 2. The van der Waals surface area contributed by atoms with Gasteiger partial charge in [0.05, 0.1) is 0 Å². The van der Waals surface area contributed by atoms with E-state index >= 15 is 0 Å². The molecule has 4 unspecified atom stereocenters. The molecule has 1 amide bonds. The maximum Gasteiger partial charge on any atom is 0.220 e. The van der Waals surface area contributed by atoms with Crippen molar-refractivity contribution in [1.82, 2.24) is 5.32 Å². The third kappa shape index (κ3) is 2.15. The zero-order valence-electron chi connectivity index (χ0n) is 15.6. The van der Waals surface area contributed by atoms with Crippen molar-refractivity contribution in [1.29, 1.82) is 0 Å². The molecule has 2 aliphatic carbocycles. The summed E-state index contributed by atoms with van der Waals surface area (Å²) in [6, 6.07) is 3.30. The summed E-state index contributed by atoms with van der Waals surface area (Å²) in [4.78, 5) is 12.3. The van der Waals surface area contributed by atoms with Gasteiger partial charge in [0.1, 0.15) is 11.5 Å². The van der Waals surface area contributed by atoms with Gasteiger partial charge < -0.3 is 15.5 Å². The number of fused-ring (bicyclic) bond motifs is 5. The van der Waals surface area contributed by atoms with Gasteiger partial charge in [0.25, 0.3) is 0 Å². The Bertz CT molecular complexity index is 756. The van der Waals surface area contributed by atoms with Crippen molar-refractivity contribution in [2.24, 2.45) is 17.3 Å². The fraction of sp³-hybridized carbons (Fsp3) is 0.667. The highest BCUT2D eigenvalue weighted by Crippen LogP contribution is 2.65. The smallest absolute Gasteiger partial charge is 0.220 e. The third-order valence-electron chi connectivity index (χ3n) is 7.72. The summed E-state index contributed by atoms with van der Waals surface area (Å²) in [5, 5.41) is 23.8. The molecule has 136 valence electrons. The molecule has 0 aromatic heterocycles. The zero-order chi connectivity index (χ0) is 18.2. The number of carbonyl (C=O) groups is 1. The van der Waals surface area contributed by atoms with Gasteiger partial charge in [0.15, 0.2) is 0 Å². The van der Waals surface area contributed by atoms with Crippen LogP contribution in [-0.2, 0) is 16.6 Å². The largest absolute Gasteiger partial charge is 0.508 e. The van der Waals surface area contributed by atoms with Crippen molar-refractivity contribution >= 4 is 5.91 Å². The van der Waals surface area contributed by atoms with E-state index in [4.69, 9.17) is 0 Å². The molecule has 2 fully saturated rings. The molecule has 1 heterocycles. The molecule has 1 aromatic rings. The summed E-state index contributed by atoms with van der Waals surface area (Å²) in [7, 11) is 0. The van der Waals surface area contributed by atoms with Gasteiger partial charge in [-0.3, -0.25) is 4.79 Å². The van der Waals surface area contributed by atoms with Crippen LogP contribution in [0.3, 0.4) is 0 Å². The normalized spacial score (nSPS) is 39.0. The van der Waals surface area contributed by atoms with Crippen molar-refractivity contribution in [3.05, 3.63) is 23.3 Å². The molecule has 1 saturated heterocycles. The first kappa shape index (κ1) is 16.7. The first-order valence-corrected chi connectivity index (χ1v) is 9.44. The van der Waals surface area contributed by atoms with Crippen molar-refractivity contribution in [2.45, 2.75) is 70.8 Å². The maximum absolute atomic E-state index is 12.3. The molecule has 1 saturated carbocycles. The molecule has 1 aromatic carbocycles. The Balaban J connectivity index is 1.85. The lowest BCUT2D eigenvalue weighted by Gasteiger charge is -2.57. The monoisotopic (exact) mass is 343 g/mol. The second kappa shape index (κ2) is 4.93. The van der Waals surface area contributed by atoms with Crippen LogP contribution in [0.2, 0.25) is 0 Å². The number of phenols is 2. The van der Waals surface area contributed by atoms with E-state index in [1.54, 1.807) is 0 Å². The summed E-state index contributed by atoms with van der Waals surface area (Å²) < 4.78 is 0. The topological polar surface area (TPSA) is 69.6 Å². The lowest BCUT2D eigenvalue weighted by molar-refractivity contribution is -0.122. The second-order valence-electron chi connectivity index (χ2n) is 9.54. The first-order chi connectivity index (χ1) is 11.6. The van der Waals surface area contributed by atoms with E-state index in [0.29, 0.717) is 18.3 Å². The summed E-state index contributed by atoms with van der Waals surface area (Å²) >= 11 is 0. The molecule has 3 N–H and O–H groups in total. The molecule has 4 nitrogen and oxygen atoms in total. The van der Waals surface area contributed by atoms with Crippen molar-refractivity contribution in [3.63, 3.8) is 0 Å². The minimum absolute atomic E-state index is 0.0245. The number of hydrogen-bond donors (Lipinski definition) is 3. The van der Waals surface area contributed by atoms with Crippen molar-refractivity contribution < 1.29 is 15.0 Å². The SMILES string of the molecule is CC1(C)NC(=O)CCC2(C)C1CCC1(C)c3c(O)cc(O)cc3CC12. The first-order valence-electron chi connectivity index (χ1n) is 9.44. The quantitative estimate of drug-likeness (QED) is 0.674. The van der Waals surface area contributed by atoms with Crippen LogP contribution in [0, 0.1) is 17.3 Å². The maximum atomic E-state index is 12.3. The van der Waals surface area contributed by atoms with Gasteiger partial charge >= 0.3 is 0 Å². The number of hydrogen-bond acceptors (Lipinski definition) is 3. The van der Waals surface area contributed by atoms with E-state index in [1.807, 2.05) is 6.07 Å². The highest BCUT2D eigenvalue weighted by atomic mass is 16.3. The van der Waals surface area contributed by atoms with Crippen LogP contribution < -0.4 is 5.32 Å². The average Bonchev–Trinajstić information content (AvgIpc) is 2.74. The van der Waals surface area contributed by atoms with E-state index in [1.165, 1.54) is 6.07 Å². The number of aromatic hydroxyl groups is 2. The molecule has 0 radical (unpaired) electrons. The Morgan fingerprint density at radius 2 is 1.80 bits per heavy atom. The minimum Gasteiger partial charge on any atom is -0.508 e. The van der Waals surface area contributed by atoms with Crippen LogP contribution in [-0.4, -0.2) is 21.7 Å². The fourth-order valence-corrected chi connectivity index (χ4v) is 6.81. The van der Waals surface area contributed by atoms with Crippen LogP contribution in [0.5, 0.6) is 11.5 Å². The lowest BCUT2D eigenvalue weighted by atomic mass is 9.48. The minimum atomic E-state index is -0.220. The predicted octanol–water partition coefficient (Wildman–Crippen LogP) is 3.63. The number of rotatable bonds is 0. The summed E-state index contributed by atoms with van der Waals surface area (Å²) in [5.41, 5.74) is 1.81. The van der Waals surface area contributed by atoms with E-state index in [0.717, 1.165) is 36.8 Å². The zero-order valence-corrected chi connectivity index (χ0v) is 15.6. The summed E-state index contributed by atoms with van der Waals surface area (Å²) in [5.74, 6) is 1.30. The van der Waals surface area contributed by atoms with E-state index in [9.17, 15) is 15.0 Å². The van der Waals surface area contributed by atoms with Crippen LogP contribution in [0.25, 0.3) is 0 Å². The molecule has 3 aliphatic rings. The van der Waals surface area contributed by atoms with E-state index < -0.39 is 0 Å². The van der Waals surface area contributed by atoms with Crippen LogP contribution >= 0.6 is 0 Å². The number of benzene rings is 1. The highest BCUT2D eigenvalue weighted by Gasteiger charge is 2.61. The van der Waals surface area contributed by atoms with Gasteiger partial charge in [-0.15, -0.1) is 0 Å². The van der Waals surface area contributed by atoms with Crippen LogP contribution in [0.4, 0.5) is 0 Å². The molecule has 4 atom stereocenters. The fourth-order valence-electron chi connectivity index (χ4n) is 6.81. The molecule has 4 heteroatoms. The third-order valence-corrected chi connectivity index (χ3v) is 7.72. The van der Waals surface area contributed by atoms with Crippen molar-refractivity contribution in [2.75, 3.05) is 0 Å². The van der Waals surface area contributed by atoms with Crippen molar-refractivity contribution in [3.8, 4) is 11.5 Å². The Morgan fingerprint density at radius 1 is 1.08 bits per heavy atom. The Kier molecular flexibility index (Phi) is 3.30. The number of carbonyl (C=O) groups excluding carboxylic acids is 1. The van der Waals surface area contributed by atoms with Crippen LogP contribution in [0.1, 0.15) is 64.5 Å². The van der Waals surface area contributed by atoms with Gasteiger partial charge in [0, 0.05) is 29.0 Å². The van der Waals surface area contributed by atoms with Gasteiger partial charge in [-0.2, -0.15) is 0 Å². The lowest BCUT2D eigenvalue weighted by Crippen LogP contribution is -2.58. The number of amides is 1. The molecular formula is C21H29NO3. The molecule has 0 bridgehead atoms. The molecule has 25 heavy (non-hydrogen) atoms. The van der Waals surface area contributed by atoms with Crippen LogP contribution in [0.15, 0.2) is 12.1 Å². The Labute approximate surface area is 149 Å². The number of nitrogens with one attached hydrogen (secondary N) is 1. The summed E-state index contributed by atoms with van der Waals surface area (Å²) in [6.07, 6.45) is 4.36. The molecule has 1 aliphatic heterocycles.